The zero-order valence-corrected chi connectivity index (χ0v) is 11.7. The first-order valence-electron chi connectivity index (χ1n) is 6.89. The van der Waals surface area contributed by atoms with E-state index < -0.39 is 0 Å². The lowest BCUT2D eigenvalue weighted by Crippen LogP contribution is -2.26. The number of hydrogen-bond donors (Lipinski definition) is 1. The van der Waals surface area contributed by atoms with Crippen LogP contribution in [-0.2, 0) is 0 Å². The van der Waals surface area contributed by atoms with Gasteiger partial charge in [0.25, 0.3) is 0 Å². The van der Waals surface area contributed by atoms with Gasteiger partial charge in [0.1, 0.15) is 0 Å². The number of rotatable bonds is 7. The van der Waals surface area contributed by atoms with Crippen LogP contribution in [0.1, 0.15) is 52.1 Å². The predicted octanol–water partition coefficient (Wildman–Crippen LogP) is 4.41. The largest absolute Gasteiger partial charge is 0.310 e. The summed E-state index contributed by atoms with van der Waals surface area (Å²) in [4.78, 5) is 0. The summed E-state index contributed by atoms with van der Waals surface area (Å²) in [5.74, 6) is 1.45. The molecule has 1 heteroatoms. The molecule has 0 aliphatic rings. The van der Waals surface area contributed by atoms with Crippen LogP contribution in [-0.4, -0.2) is 6.54 Å². The van der Waals surface area contributed by atoms with Crippen molar-refractivity contribution in [3.63, 3.8) is 0 Å². The van der Waals surface area contributed by atoms with Crippen LogP contribution in [0.25, 0.3) is 0 Å². The molecule has 1 atom stereocenters. The summed E-state index contributed by atoms with van der Waals surface area (Å²) in [6, 6.07) is 11.3. The van der Waals surface area contributed by atoms with Crippen molar-refractivity contribution in [2.24, 2.45) is 11.8 Å². The van der Waals surface area contributed by atoms with Gasteiger partial charge in [-0.25, -0.2) is 0 Å². The Morgan fingerprint density at radius 2 is 1.65 bits per heavy atom. The van der Waals surface area contributed by atoms with E-state index in [1.807, 2.05) is 0 Å². The standard InChI is InChI=1S/C16H27N/c1-13(2)9-8-12-17-16(14(3)4)15-10-6-5-7-11-15/h5-7,10-11,13-14,16-17H,8-9,12H2,1-4H3. The third-order valence-electron chi connectivity index (χ3n) is 3.15. The molecule has 0 fully saturated rings. The van der Waals surface area contributed by atoms with Crippen LogP contribution in [0.5, 0.6) is 0 Å². The van der Waals surface area contributed by atoms with E-state index in [1.165, 1.54) is 18.4 Å². The monoisotopic (exact) mass is 233 g/mol. The first-order chi connectivity index (χ1) is 8.11. The Bertz CT molecular complexity index is 290. The molecule has 0 amide bonds. The quantitative estimate of drug-likeness (QED) is 0.688. The van der Waals surface area contributed by atoms with Crippen LogP contribution in [0.4, 0.5) is 0 Å². The Morgan fingerprint density at radius 3 is 2.18 bits per heavy atom. The summed E-state index contributed by atoms with van der Waals surface area (Å²) in [6.45, 7) is 10.3. The fourth-order valence-corrected chi connectivity index (χ4v) is 2.17. The predicted molar refractivity (Wildman–Crippen MR) is 76.1 cm³/mol. The Kier molecular flexibility index (Phi) is 6.28. The van der Waals surface area contributed by atoms with E-state index in [4.69, 9.17) is 0 Å². The highest BCUT2D eigenvalue weighted by Crippen LogP contribution is 2.21. The molecular formula is C16H27N. The topological polar surface area (TPSA) is 12.0 Å². The Labute approximate surface area is 107 Å². The molecule has 0 heterocycles. The highest BCUT2D eigenvalue weighted by Gasteiger charge is 2.14. The minimum absolute atomic E-state index is 0.489. The molecule has 0 aliphatic carbocycles. The van der Waals surface area contributed by atoms with Gasteiger partial charge in [-0.3, -0.25) is 0 Å². The van der Waals surface area contributed by atoms with E-state index in [2.05, 4.69) is 63.3 Å². The Balaban J connectivity index is 2.45. The molecule has 1 aromatic rings. The lowest BCUT2D eigenvalue weighted by molar-refractivity contribution is 0.399. The van der Waals surface area contributed by atoms with E-state index in [0.717, 1.165) is 12.5 Å². The first kappa shape index (κ1) is 14.2. The summed E-state index contributed by atoms with van der Waals surface area (Å²) in [5.41, 5.74) is 1.41. The van der Waals surface area contributed by atoms with Crippen LogP contribution in [0.3, 0.4) is 0 Å². The molecule has 96 valence electrons. The molecule has 1 aromatic carbocycles. The van der Waals surface area contributed by atoms with Crippen molar-refractivity contribution in [1.82, 2.24) is 5.32 Å². The van der Waals surface area contributed by atoms with Crippen molar-refractivity contribution in [3.05, 3.63) is 35.9 Å². The highest BCUT2D eigenvalue weighted by atomic mass is 14.9. The number of benzene rings is 1. The molecule has 0 spiro atoms. The molecular weight excluding hydrogens is 206 g/mol. The molecule has 1 unspecified atom stereocenters. The fraction of sp³-hybridized carbons (Fsp3) is 0.625. The maximum Gasteiger partial charge on any atom is 0.0343 e. The maximum absolute atomic E-state index is 3.69. The molecule has 1 rings (SSSR count). The van der Waals surface area contributed by atoms with Gasteiger partial charge >= 0.3 is 0 Å². The van der Waals surface area contributed by atoms with Crippen molar-refractivity contribution in [1.29, 1.82) is 0 Å². The van der Waals surface area contributed by atoms with Gasteiger partial charge < -0.3 is 5.32 Å². The Hall–Kier alpha value is -0.820. The van der Waals surface area contributed by atoms with Gasteiger partial charge in [0, 0.05) is 6.04 Å². The maximum atomic E-state index is 3.69. The summed E-state index contributed by atoms with van der Waals surface area (Å²) in [7, 11) is 0. The van der Waals surface area contributed by atoms with Crippen LogP contribution in [0, 0.1) is 11.8 Å². The zero-order valence-electron chi connectivity index (χ0n) is 11.7. The second-order valence-electron chi connectivity index (χ2n) is 5.62. The molecule has 0 aromatic heterocycles. The molecule has 0 radical (unpaired) electrons. The van der Waals surface area contributed by atoms with Crippen LogP contribution >= 0.6 is 0 Å². The van der Waals surface area contributed by atoms with E-state index in [-0.39, 0.29) is 0 Å². The SMILES string of the molecule is CC(C)CCCNC(c1ccccc1)C(C)C. The van der Waals surface area contributed by atoms with E-state index in [1.54, 1.807) is 0 Å². The second-order valence-corrected chi connectivity index (χ2v) is 5.62. The van der Waals surface area contributed by atoms with E-state index in [0.29, 0.717) is 12.0 Å². The van der Waals surface area contributed by atoms with Crippen molar-refractivity contribution in [2.75, 3.05) is 6.54 Å². The van der Waals surface area contributed by atoms with Gasteiger partial charge in [-0.05, 0) is 36.8 Å². The summed E-state index contributed by atoms with van der Waals surface area (Å²) >= 11 is 0. The molecule has 0 saturated carbocycles. The average Bonchev–Trinajstić information content (AvgIpc) is 2.29. The van der Waals surface area contributed by atoms with E-state index in [9.17, 15) is 0 Å². The van der Waals surface area contributed by atoms with Crippen molar-refractivity contribution in [3.8, 4) is 0 Å². The third-order valence-corrected chi connectivity index (χ3v) is 3.15. The molecule has 0 saturated heterocycles. The summed E-state index contributed by atoms with van der Waals surface area (Å²) in [6.07, 6.45) is 2.58. The van der Waals surface area contributed by atoms with Gasteiger partial charge in [-0.1, -0.05) is 58.0 Å². The first-order valence-corrected chi connectivity index (χ1v) is 6.89. The molecule has 0 bridgehead atoms. The zero-order chi connectivity index (χ0) is 12.7. The van der Waals surface area contributed by atoms with Crippen LogP contribution < -0.4 is 5.32 Å². The van der Waals surface area contributed by atoms with Gasteiger partial charge in [0.15, 0.2) is 0 Å². The fourth-order valence-electron chi connectivity index (χ4n) is 2.17. The molecule has 0 aliphatic heterocycles. The van der Waals surface area contributed by atoms with Crippen LogP contribution in [0.2, 0.25) is 0 Å². The van der Waals surface area contributed by atoms with Crippen molar-refractivity contribution >= 4 is 0 Å². The van der Waals surface area contributed by atoms with Gasteiger partial charge in [0.05, 0.1) is 0 Å². The van der Waals surface area contributed by atoms with E-state index >= 15 is 0 Å². The smallest absolute Gasteiger partial charge is 0.0343 e. The average molecular weight is 233 g/mol. The van der Waals surface area contributed by atoms with Crippen molar-refractivity contribution < 1.29 is 0 Å². The third kappa shape index (κ3) is 5.36. The van der Waals surface area contributed by atoms with Gasteiger partial charge in [-0.2, -0.15) is 0 Å². The highest BCUT2D eigenvalue weighted by molar-refractivity contribution is 5.19. The molecule has 1 N–H and O–H groups in total. The minimum atomic E-state index is 0.489. The van der Waals surface area contributed by atoms with Crippen molar-refractivity contribution in [2.45, 2.75) is 46.6 Å². The Morgan fingerprint density at radius 1 is 1.00 bits per heavy atom. The molecule has 17 heavy (non-hydrogen) atoms. The normalized spacial score (nSPS) is 13.3. The molecule has 1 nitrogen and oxygen atoms in total. The lowest BCUT2D eigenvalue weighted by Gasteiger charge is -2.23. The van der Waals surface area contributed by atoms with Gasteiger partial charge in [-0.15, -0.1) is 0 Å². The summed E-state index contributed by atoms with van der Waals surface area (Å²) < 4.78 is 0. The minimum Gasteiger partial charge on any atom is -0.310 e. The summed E-state index contributed by atoms with van der Waals surface area (Å²) in [5, 5.41) is 3.69. The number of nitrogens with one attached hydrogen (secondary N) is 1. The number of hydrogen-bond acceptors (Lipinski definition) is 1. The van der Waals surface area contributed by atoms with Crippen LogP contribution in [0.15, 0.2) is 30.3 Å². The van der Waals surface area contributed by atoms with Gasteiger partial charge in [0.2, 0.25) is 0 Å². The second kappa shape index (κ2) is 7.50. The lowest BCUT2D eigenvalue weighted by atomic mass is 9.96.